The zero-order valence-electron chi connectivity index (χ0n) is 19.2. The van der Waals surface area contributed by atoms with E-state index in [1.807, 2.05) is 6.92 Å². The van der Waals surface area contributed by atoms with Crippen molar-refractivity contribution >= 4 is 29.6 Å². The van der Waals surface area contributed by atoms with E-state index in [0.717, 1.165) is 0 Å². The summed E-state index contributed by atoms with van der Waals surface area (Å²) in [4.78, 5) is 60.1. The number of nitrogens with one attached hydrogen (secondary N) is 3. The van der Waals surface area contributed by atoms with Crippen molar-refractivity contribution < 1.29 is 34.2 Å². The number of nitrogens with two attached hydrogens (primary N) is 3. The maximum atomic E-state index is 12.7. The van der Waals surface area contributed by atoms with E-state index in [-0.39, 0.29) is 25.2 Å². The van der Waals surface area contributed by atoms with E-state index < -0.39 is 60.4 Å². The molecule has 0 saturated carbocycles. The molecule has 190 valence electrons. The Bertz CT molecular complexity index is 675. The maximum absolute atomic E-state index is 12.7. The predicted molar refractivity (Wildman–Crippen MR) is 119 cm³/mol. The molecule has 13 heteroatoms. The minimum Gasteiger partial charge on any atom is -0.480 e. The minimum absolute atomic E-state index is 0.120. The first-order valence-electron chi connectivity index (χ1n) is 11.0. The van der Waals surface area contributed by atoms with Gasteiger partial charge in [0.2, 0.25) is 23.6 Å². The Morgan fingerprint density at radius 1 is 0.879 bits per heavy atom. The lowest BCUT2D eigenvalue weighted by Gasteiger charge is -2.25. The molecule has 0 aliphatic carbocycles. The van der Waals surface area contributed by atoms with Crippen molar-refractivity contribution in [3.8, 4) is 0 Å². The van der Waals surface area contributed by atoms with Gasteiger partial charge in [-0.05, 0) is 38.1 Å². The lowest BCUT2D eigenvalue weighted by Crippen LogP contribution is -2.58. The van der Waals surface area contributed by atoms with Crippen molar-refractivity contribution in [3.63, 3.8) is 0 Å². The highest BCUT2D eigenvalue weighted by atomic mass is 16.4. The van der Waals surface area contributed by atoms with Crippen molar-refractivity contribution in [2.75, 3.05) is 13.2 Å². The standard InChI is InChI=1S/C20H38N6O7/c1-3-11(2)16(23)19(31)24-12(7-8-15(22)28)17(29)26-14(10-27)18(30)25-13(20(32)33)6-4-5-9-21/h11-14,16,27H,3-10,21,23H2,1-2H3,(H2,22,28)(H,24,31)(H,25,30)(H,26,29)(H,32,33). The second-order valence-corrected chi connectivity index (χ2v) is 7.91. The fraction of sp³-hybridized carbons (Fsp3) is 0.750. The molecule has 5 unspecified atom stereocenters. The van der Waals surface area contributed by atoms with Gasteiger partial charge in [0.25, 0.3) is 0 Å². The van der Waals surface area contributed by atoms with Gasteiger partial charge in [0.15, 0.2) is 0 Å². The summed E-state index contributed by atoms with van der Waals surface area (Å²) in [6, 6.07) is -4.86. The van der Waals surface area contributed by atoms with Crippen LogP contribution in [0.4, 0.5) is 0 Å². The van der Waals surface area contributed by atoms with Crippen molar-refractivity contribution in [2.24, 2.45) is 23.1 Å². The minimum atomic E-state index is -1.48. The van der Waals surface area contributed by atoms with E-state index in [4.69, 9.17) is 17.2 Å². The topological polar surface area (TPSA) is 240 Å². The molecule has 0 aliphatic heterocycles. The smallest absolute Gasteiger partial charge is 0.326 e. The first kappa shape index (κ1) is 30.2. The molecule has 0 fully saturated rings. The largest absolute Gasteiger partial charge is 0.480 e. The van der Waals surface area contributed by atoms with Gasteiger partial charge in [0.1, 0.15) is 18.1 Å². The number of hydrogen-bond donors (Lipinski definition) is 8. The normalized spacial score (nSPS) is 15.4. The van der Waals surface area contributed by atoms with E-state index in [1.165, 1.54) is 0 Å². The maximum Gasteiger partial charge on any atom is 0.326 e. The summed E-state index contributed by atoms with van der Waals surface area (Å²) in [6.07, 6.45) is 1.39. The third-order valence-electron chi connectivity index (χ3n) is 5.25. The quantitative estimate of drug-likeness (QED) is 0.102. The average Bonchev–Trinajstić information content (AvgIpc) is 2.77. The molecule has 0 aromatic rings. The zero-order valence-corrected chi connectivity index (χ0v) is 19.2. The van der Waals surface area contributed by atoms with Gasteiger partial charge in [0, 0.05) is 6.42 Å². The molecular formula is C20H38N6O7. The average molecular weight is 475 g/mol. The zero-order chi connectivity index (χ0) is 25.6. The van der Waals surface area contributed by atoms with Gasteiger partial charge >= 0.3 is 5.97 Å². The Kier molecular flexibility index (Phi) is 14.6. The number of unbranched alkanes of at least 4 members (excludes halogenated alkanes) is 1. The molecule has 0 bridgehead atoms. The van der Waals surface area contributed by atoms with Gasteiger partial charge in [-0.15, -0.1) is 0 Å². The number of carbonyl (C=O) groups excluding carboxylic acids is 4. The highest BCUT2D eigenvalue weighted by Gasteiger charge is 2.30. The van der Waals surface area contributed by atoms with E-state index in [2.05, 4.69) is 16.0 Å². The summed E-state index contributed by atoms with van der Waals surface area (Å²) in [5.74, 6) is -4.54. The molecule has 33 heavy (non-hydrogen) atoms. The van der Waals surface area contributed by atoms with Crippen LogP contribution < -0.4 is 33.2 Å². The van der Waals surface area contributed by atoms with Crippen LogP contribution in [0.15, 0.2) is 0 Å². The third kappa shape index (κ3) is 11.6. The van der Waals surface area contributed by atoms with Crippen LogP contribution in [0.2, 0.25) is 0 Å². The molecule has 4 amide bonds. The highest BCUT2D eigenvalue weighted by molar-refractivity contribution is 5.94. The summed E-state index contributed by atoms with van der Waals surface area (Å²) in [7, 11) is 0. The van der Waals surface area contributed by atoms with Crippen molar-refractivity contribution in [3.05, 3.63) is 0 Å². The molecule has 0 aliphatic rings. The van der Waals surface area contributed by atoms with Crippen LogP contribution in [-0.2, 0) is 24.0 Å². The van der Waals surface area contributed by atoms with Crippen LogP contribution in [0.3, 0.4) is 0 Å². The lowest BCUT2D eigenvalue weighted by molar-refractivity contribution is -0.142. The van der Waals surface area contributed by atoms with Gasteiger partial charge < -0.3 is 43.4 Å². The molecule has 0 aromatic carbocycles. The highest BCUT2D eigenvalue weighted by Crippen LogP contribution is 2.07. The van der Waals surface area contributed by atoms with E-state index in [1.54, 1.807) is 6.92 Å². The van der Waals surface area contributed by atoms with Crippen LogP contribution in [-0.4, -0.2) is 77.1 Å². The van der Waals surface area contributed by atoms with E-state index in [9.17, 15) is 34.2 Å². The van der Waals surface area contributed by atoms with Gasteiger partial charge in [0.05, 0.1) is 12.6 Å². The monoisotopic (exact) mass is 474 g/mol. The Labute approximate surface area is 193 Å². The van der Waals surface area contributed by atoms with Gasteiger partial charge in [-0.2, -0.15) is 0 Å². The van der Waals surface area contributed by atoms with Crippen molar-refractivity contribution in [1.29, 1.82) is 0 Å². The Balaban J connectivity index is 5.28. The van der Waals surface area contributed by atoms with Gasteiger partial charge in [-0.3, -0.25) is 19.2 Å². The van der Waals surface area contributed by atoms with Crippen molar-refractivity contribution in [1.82, 2.24) is 16.0 Å². The number of carboxylic acids is 1. The number of primary amides is 1. The lowest BCUT2D eigenvalue weighted by atomic mass is 9.98. The molecule has 0 saturated heterocycles. The molecule has 0 aromatic heterocycles. The number of aliphatic carboxylic acids is 1. The Morgan fingerprint density at radius 2 is 1.42 bits per heavy atom. The van der Waals surface area contributed by atoms with Crippen LogP contribution in [0.5, 0.6) is 0 Å². The summed E-state index contributed by atoms with van der Waals surface area (Å²) in [6.45, 7) is 3.16. The number of amides is 4. The summed E-state index contributed by atoms with van der Waals surface area (Å²) in [5, 5.41) is 25.8. The van der Waals surface area contributed by atoms with Crippen molar-refractivity contribution in [2.45, 2.75) is 76.5 Å². The molecule has 5 atom stereocenters. The SMILES string of the molecule is CCC(C)C(N)C(=O)NC(CCC(N)=O)C(=O)NC(CO)C(=O)NC(CCCCN)C(=O)O. The number of rotatable bonds is 17. The Hall–Kier alpha value is -2.77. The van der Waals surface area contributed by atoms with Crippen LogP contribution in [0.1, 0.15) is 52.4 Å². The third-order valence-corrected chi connectivity index (χ3v) is 5.25. The number of carboxylic acid groups (broad SMARTS) is 1. The number of aliphatic hydroxyl groups excluding tert-OH is 1. The van der Waals surface area contributed by atoms with E-state index in [0.29, 0.717) is 25.8 Å². The molecule has 13 nitrogen and oxygen atoms in total. The molecule has 0 radical (unpaired) electrons. The number of aliphatic hydroxyl groups is 1. The molecule has 0 spiro atoms. The molecule has 0 rings (SSSR count). The molecule has 0 heterocycles. The summed E-state index contributed by atoms with van der Waals surface area (Å²) in [5.41, 5.74) is 16.4. The second-order valence-electron chi connectivity index (χ2n) is 7.91. The fourth-order valence-electron chi connectivity index (χ4n) is 2.82. The van der Waals surface area contributed by atoms with Gasteiger partial charge in [-0.25, -0.2) is 4.79 Å². The summed E-state index contributed by atoms with van der Waals surface area (Å²) < 4.78 is 0. The summed E-state index contributed by atoms with van der Waals surface area (Å²) >= 11 is 0. The number of carbonyl (C=O) groups is 5. The fourth-order valence-corrected chi connectivity index (χ4v) is 2.82. The van der Waals surface area contributed by atoms with Crippen LogP contribution in [0, 0.1) is 5.92 Å². The van der Waals surface area contributed by atoms with Crippen LogP contribution >= 0.6 is 0 Å². The van der Waals surface area contributed by atoms with E-state index >= 15 is 0 Å². The predicted octanol–water partition coefficient (Wildman–Crippen LogP) is -2.71. The number of hydrogen-bond acceptors (Lipinski definition) is 8. The first-order chi connectivity index (χ1) is 15.5. The second kappa shape index (κ2) is 15.9. The molecular weight excluding hydrogens is 436 g/mol. The first-order valence-corrected chi connectivity index (χ1v) is 11.0. The molecule has 11 N–H and O–H groups in total. The van der Waals surface area contributed by atoms with Gasteiger partial charge in [-0.1, -0.05) is 20.3 Å². The Morgan fingerprint density at radius 3 is 1.91 bits per heavy atom. The van der Waals surface area contributed by atoms with Crippen LogP contribution in [0.25, 0.3) is 0 Å².